The monoisotopic (exact) mass is 300 g/mol. The third kappa shape index (κ3) is 3.32. The van der Waals surface area contributed by atoms with Crippen LogP contribution in [0.2, 0.25) is 5.02 Å². The van der Waals surface area contributed by atoms with Crippen molar-refractivity contribution in [1.29, 1.82) is 0 Å². The summed E-state index contributed by atoms with van der Waals surface area (Å²) in [5.74, 6) is 1.99. The van der Waals surface area contributed by atoms with Gasteiger partial charge in [-0.1, -0.05) is 11.6 Å². The minimum atomic E-state index is 0.310. The first-order chi connectivity index (χ1) is 10.2. The van der Waals surface area contributed by atoms with Crippen molar-refractivity contribution in [3.8, 4) is 17.1 Å². The van der Waals surface area contributed by atoms with E-state index < -0.39 is 0 Å². The molecular formula is C15H13ClN4O. The molecule has 3 rings (SSSR count). The number of anilines is 1. The highest BCUT2D eigenvalue weighted by Gasteiger charge is 2.06. The summed E-state index contributed by atoms with van der Waals surface area (Å²) in [6, 6.07) is 14.5. The van der Waals surface area contributed by atoms with E-state index in [1.54, 1.807) is 24.3 Å². The zero-order valence-electron chi connectivity index (χ0n) is 11.1. The molecule has 1 aromatic heterocycles. The molecule has 0 fully saturated rings. The summed E-state index contributed by atoms with van der Waals surface area (Å²) >= 11 is 5.86. The van der Waals surface area contributed by atoms with Crippen LogP contribution < -0.4 is 10.5 Å². The first-order valence-corrected chi connectivity index (χ1v) is 6.74. The quantitative estimate of drug-likeness (QED) is 0.725. The van der Waals surface area contributed by atoms with Gasteiger partial charge in [-0.2, -0.15) is 5.10 Å². The molecule has 5 nitrogen and oxygen atoms in total. The lowest BCUT2D eigenvalue weighted by Gasteiger charge is -2.03. The largest absolute Gasteiger partial charge is 0.486 e. The van der Waals surface area contributed by atoms with Crippen molar-refractivity contribution in [3.05, 3.63) is 59.4 Å². The normalized spacial score (nSPS) is 10.5. The highest BCUT2D eigenvalue weighted by molar-refractivity contribution is 6.30. The summed E-state index contributed by atoms with van der Waals surface area (Å²) in [4.78, 5) is 4.38. The van der Waals surface area contributed by atoms with E-state index in [4.69, 9.17) is 22.1 Å². The average molecular weight is 301 g/mol. The summed E-state index contributed by atoms with van der Waals surface area (Å²) in [6.45, 7) is 0.310. The van der Waals surface area contributed by atoms with Crippen molar-refractivity contribution < 1.29 is 4.74 Å². The van der Waals surface area contributed by atoms with Crippen molar-refractivity contribution in [2.75, 3.05) is 5.73 Å². The second kappa shape index (κ2) is 5.85. The summed E-state index contributed by atoms with van der Waals surface area (Å²) in [7, 11) is 0. The topological polar surface area (TPSA) is 76.8 Å². The molecule has 0 atom stereocenters. The van der Waals surface area contributed by atoms with Crippen molar-refractivity contribution in [2.45, 2.75) is 6.61 Å². The van der Waals surface area contributed by atoms with Gasteiger partial charge in [0.05, 0.1) is 0 Å². The molecule has 0 amide bonds. The van der Waals surface area contributed by atoms with Gasteiger partial charge in [0.1, 0.15) is 12.4 Å². The standard InChI is InChI=1S/C15H13ClN4O/c16-11-3-1-10(2-4-11)15-18-14(19-20-15)9-21-13-7-5-12(17)6-8-13/h1-8H,9,17H2,(H,18,19,20). The lowest BCUT2D eigenvalue weighted by atomic mass is 10.2. The molecule has 0 aliphatic heterocycles. The van der Waals surface area contributed by atoms with Gasteiger partial charge in [-0.3, -0.25) is 5.10 Å². The molecule has 0 saturated carbocycles. The molecule has 0 unspecified atom stereocenters. The number of nitrogen functional groups attached to an aromatic ring is 1. The van der Waals surface area contributed by atoms with Gasteiger partial charge in [0.15, 0.2) is 11.6 Å². The third-order valence-corrected chi connectivity index (χ3v) is 3.14. The summed E-state index contributed by atoms with van der Waals surface area (Å²) < 4.78 is 5.60. The SMILES string of the molecule is Nc1ccc(OCc2nc(-c3ccc(Cl)cc3)n[nH]2)cc1. The van der Waals surface area contributed by atoms with E-state index in [1.165, 1.54) is 0 Å². The minimum Gasteiger partial charge on any atom is -0.486 e. The lowest BCUT2D eigenvalue weighted by Crippen LogP contribution is -1.97. The molecule has 2 aromatic carbocycles. The van der Waals surface area contributed by atoms with Gasteiger partial charge in [0.2, 0.25) is 0 Å². The number of hydrogen-bond acceptors (Lipinski definition) is 4. The molecule has 0 bridgehead atoms. The summed E-state index contributed by atoms with van der Waals surface area (Å²) in [6.07, 6.45) is 0. The molecule has 6 heteroatoms. The van der Waals surface area contributed by atoms with Gasteiger partial charge in [-0.25, -0.2) is 4.98 Å². The molecule has 0 spiro atoms. The zero-order valence-corrected chi connectivity index (χ0v) is 11.8. The molecule has 3 N–H and O–H groups in total. The zero-order chi connectivity index (χ0) is 14.7. The Kier molecular flexibility index (Phi) is 3.75. The van der Waals surface area contributed by atoms with Crippen LogP contribution in [0.25, 0.3) is 11.4 Å². The number of halogens is 1. The lowest BCUT2D eigenvalue weighted by molar-refractivity contribution is 0.296. The van der Waals surface area contributed by atoms with E-state index in [9.17, 15) is 0 Å². The summed E-state index contributed by atoms with van der Waals surface area (Å²) in [5.41, 5.74) is 7.22. The summed E-state index contributed by atoms with van der Waals surface area (Å²) in [5, 5.41) is 7.70. The molecule has 0 saturated heterocycles. The van der Waals surface area contributed by atoms with Crippen LogP contribution in [0.4, 0.5) is 5.69 Å². The Balaban J connectivity index is 1.67. The molecule has 1 heterocycles. The van der Waals surface area contributed by atoms with Crippen molar-refractivity contribution in [1.82, 2.24) is 15.2 Å². The molecular weight excluding hydrogens is 288 g/mol. The number of benzene rings is 2. The number of aromatic nitrogens is 3. The molecule has 0 aliphatic carbocycles. The fourth-order valence-corrected chi connectivity index (χ4v) is 1.93. The van der Waals surface area contributed by atoms with Gasteiger partial charge in [-0.15, -0.1) is 0 Å². The second-order valence-corrected chi connectivity index (χ2v) is 4.91. The fourth-order valence-electron chi connectivity index (χ4n) is 1.80. The number of aromatic amines is 1. The Morgan fingerprint density at radius 1 is 1.05 bits per heavy atom. The third-order valence-electron chi connectivity index (χ3n) is 2.89. The van der Waals surface area contributed by atoms with Gasteiger partial charge in [0.25, 0.3) is 0 Å². The number of H-pyrrole nitrogens is 1. The molecule has 106 valence electrons. The van der Waals surface area contributed by atoms with Crippen LogP contribution in [-0.2, 0) is 6.61 Å². The average Bonchev–Trinajstić information content (AvgIpc) is 2.96. The Hall–Kier alpha value is -2.53. The number of nitrogens with one attached hydrogen (secondary N) is 1. The van der Waals surface area contributed by atoms with Gasteiger partial charge in [0, 0.05) is 16.3 Å². The second-order valence-electron chi connectivity index (χ2n) is 4.47. The van der Waals surface area contributed by atoms with Crippen LogP contribution in [0.5, 0.6) is 5.75 Å². The number of nitrogens with two attached hydrogens (primary N) is 1. The number of hydrogen-bond donors (Lipinski definition) is 2. The highest BCUT2D eigenvalue weighted by atomic mass is 35.5. The van der Waals surface area contributed by atoms with Crippen LogP contribution in [-0.4, -0.2) is 15.2 Å². The highest BCUT2D eigenvalue weighted by Crippen LogP contribution is 2.18. The van der Waals surface area contributed by atoms with Crippen molar-refractivity contribution in [2.24, 2.45) is 0 Å². The van der Waals surface area contributed by atoms with Gasteiger partial charge >= 0.3 is 0 Å². The fraction of sp³-hybridized carbons (Fsp3) is 0.0667. The van der Waals surface area contributed by atoms with Crippen LogP contribution in [0.15, 0.2) is 48.5 Å². The van der Waals surface area contributed by atoms with E-state index in [0.29, 0.717) is 29.0 Å². The Morgan fingerprint density at radius 2 is 1.76 bits per heavy atom. The van der Waals surface area contributed by atoms with Crippen LogP contribution in [0, 0.1) is 0 Å². The van der Waals surface area contributed by atoms with Crippen LogP contribution in [0.3, 0.4) is 0 Å². The molecule has 0 radical (unpaired) electrons. The van der Waals surface area contributed by atoms with E-state index in [-0.39, 0.29) is 0 Å². The molecule has 0 aliphatic rings. The first kappa shape index (κ1) is 13.5. The Bertz CT molecular complexity index is 722. The van der Waals surface area contributed by atoms with E-state index in [2.05, 4.69) is 15.2 Å². The minimum absolute atomic E-state index is 0.310. The van der Waals surface area contributed by atoms with Crippen molar-refractivity contribution in [3.63, 3.8) is 0 Å². The smallest absolute Gasteiger partial charge is 0.181 e. The predicted octanol–water partition coefficient (Wildman–Crippen LogP) is 3.29. The van der Waals surface area contributed by atoms with Gasteiger partial charge in [-0.05, 0) is 48.5 Å². The van der Waals surface area contributed by atoms with Gasteiger partial charge < -0.3 is 10.5 Å². The maximum absolute atomic E-state index is 5.86. The van der Waals surface area contributed by atoms with Crippen LogP contribution >= 0.6 is 11.6 Å². The predicted molar refractivity (Wildman–Crippen MR) is 82.0 cm³/mol. The maximum Gasteiger partial charge on any atom is 0.181 e. The first-order valence-electron chi connectivity index (χ1n) is 6.36. The molecule has 21 heavy (non-hydrogen) atoms. The Morgan fingerprint density at radius 3 is 2.48 bits per heavy atom. The van der Waals surface area contributed by atoms with Crippen molar-refractivity contribution >= 4 is 17.3 Å². The Labute approximate surface area is 126 Å². The van der Waals surface area contributed by atoms with E-state index in [1.807, 2.05) is 24.3 Å². The van der Waals surface area contributed by atoms with Crippen LogP contribution in [0.1, 0.15) is 5.82 Å². The molecule has 3 aromatic rings. The van der Waals surface area contributed by atoms with E-state index >= 15 is 0 Å². The number of rotatable bonds is 4. The number of ether oxygens (including phenoxy) is 1. The van der Waals surface area contributed by atoms with E-state index in [0.717, 1.165) is 11.3 Å². The maximum atomic E-state index is 5.86. The number of nitrogens with zero attached hydrogens (tertiary/aromatic N) is 2.